The monoisotopic (exact) mass is 315 g/mol. The molecule has 1 aromatic carbocycles. The van der Waals surface area contributed by atoms with E-state index in [2.05, 4.69) is 30.9 Å². The Bertz CT molecular complexity index is 530. The number of nitrogens with two attached hydrogens (primary N) is 1. The molecule has 0 unspecified atom stereocenters. The van der Waals surface area contributed by atoms with Crippen molar-refractivity contribution in [2.75, 3.05) is 0 Å². The van der Waals surface area contributed by atoms with Gasteiger partial charge in [-0.05, 0) is 32.3 Å². The average Bonchev–Trinajstić information content (AvgIpc) is 2.83. The van der Waals surface area contributed by atoms with Gasteiger partial charge in [0.25, 0.3) is 0 Å². The fourth-order valence-electron chi connectivity index (χ4n) is 2.91. The van der Waals surface area contributed by atoms with Gasteiger partial charge in [-0.3, -0.25) is 0 Å². The first kappa shape index (κ1) is 18.0. The second-order valence-electron chi connectivity index (χ2n) is 6.65. The summed E-state index contributed by atoms with van der Waals surface area (Å²) in [5.74, 6) is 5.87. The van der Waals surface area contributed by atoms with Gasteiger partial charge in [-0.1, -0.05) is 43.7 Å². The second kappa shape index (κ2) is 8.49. The molecule has 0 bridgehead atoms. The molecule has 2 N–H and O–H groups in total. The second-order valence-corrected chi connectivity index (χ2v) is 6.65. The summed E-state index contributed by atoms with van der Waals surface area (Å²) < 4.78 is 12.1. The zero-order valence-corrected chi connectivity index (χ0v) is 14.5. The Hall–Kier alpha value is -1.34. The van der Waals surface area contributed by atoms with E-state index in [4.69, 9.17) is 15.2 Å². The Morgan fingerprint density at radius 3 is 2.61 bits per heavy atom. The number of rotatable bonds is 6. The van der Waals surface area contributed by atoms with Crippen molar-refractivity contribution in [3.63, 3.8) is 0 Å². The molecule has 0 aliphatic carbocycles. The first-order chi connectivity index (χ1) is 11.0. The standard InChI is InChI=1S/C20H29NO2/c1-4-5-6-7-11-14-18-19(23-20(2,3)22-18)17(21)15-16-12-9-8-10-13-16/h8-10,12-13,17-19H,4-6,14-15,21H2,1-3H3/t17-,18-,19-/m0/s1. The highest BCUT2D eigenvalue weighted by molar-refractivity contribution is 5.17. The van der Waals surface area contributed by atoms with E-state index in [1.165, 1.54) is 12.0 Å². The summed E-state index contributed by atoms with van der Waals surface area (Å²) in [5.41, 5.74) is 7.64. The highest BCUT2D eigenvalue weighted by Crippen LogP contribution is 2.31. The molecule has 23 heavy (non-hydrogen) atoms. The van der Waals surface area contributed by atoms with Crippen LogP contribution in [0.15, 0.2) is 30.3 Å². The van der Waals surface area contributed by atoms with Crippen molar-refractivity contribution in [2.24, 2.45) is 5.73 Å². The maximum atomic E-state index is 6.42. The minimum atomic E-state index is -0.589. The molecule has 0 amide bonds. The van der Waals surface area contributed by atoms with Crippen molar-refractivity contribution in [3.05, 3.63) is 35.9 Å². The van der Waals surface area contributed by atoms with Crippen LogP contribution in [-0.4, -0.2) is 24.0 Å². The van der Waals surface area contributed by atoms with Gasteiger partial charge in [-0.15, -0.1) is 11.8 Å². The lowest BCUT2D eigenvalue weighted by Gasteiger charge is -2.22. The van der Waals surface area contributed by atoms with Crippen LogP contribution in [0.25, 0.3) is 0 Å². The Labute approximate surface area is 140 Å². The van der Waals surface area contributed by atoms with E-state index in [-0.39, 0.29) is 18.2 Å². The Balaban J connectivity index is 1.96. The molecule has 0 aromatic heterocycles. The van der Waals surface area contributed by atoms with Gasteiger partial charge in [0, 0.05) is 18.9 Å². The van der Waals surface area contributed by atoms with Gasteiger partial charge in [-0.2, -0.15) is 0 Å². The quantitative estimate of drug-likeness (QED) is 0.643. The maximum absolute atomic E-state index is 6.42. The van der Waals surface area contributed by atoms with Crippen LogP contribution in [0.2, 0.25) is 0 Å². The third-order valence-electron chi connectivity index (χ3n) is 4.04. The predicted octanol–water partition coefficient (Wildman–Crippen LogP) is 3.66. The topological polar surface area (TPSA) is 44.5 Å². The Morgan fingerprint density at radius 1 is 1.17 bits per heavy atom. The van der Waals surface area contributed by atoms with Crippen LogP contribution in [0.3, 0.4) is 0 Å². The molecule has 1 heterocycles. The normalized spacial score (nSPS) is 24.0. The van der Waals surface area contributed by atoms with Crippen molar-refractivity contribution in [3.8, 4) is 11.8 Å². The molecule has 3 heteroatoms. The van der Waals surface area contributed by atoms with E-state index in [0.29, 0.717) is 6.42 Å². The first-order valence-electron chi connectivity index (χ1n) is 8.62. The lowest BCUT2D eigenvalue weighted by atomic mass is 9.97. The van der Waals surface area contributed by atoms with Crippen molar-refractivity contribution < 1.29 is 9.47 Å². The molecule has 3 nitrogen and oxygen atoms in total. The molecule has 0 saturated carbocycles. The SMILES string of the molecule is CCCCC#CC[C@@H]1OC(C)(C)O[C@H]1[C@@H](N)Cc1ccccc1. The Kier molecular flexibility index (Phi) is 6.65. The third-order valence-corrected chi connectivity index (χ3v) is 4.04. The summed E-state index contributed by atoms with van der Waals surface area (Å²) in [4.78, 5) is 0. The lowest BCUT2D eigenvalue weighted by molar-refractivity contribution is -0.147. The number of hydrogen-bond donors (Lipinski definition) is 1. The van der Waals surface area contributed by atoms with Crippen LogP contribution >= 0.6 is 0 Å². The lowest BCUT2D eigenvalue weighted by Crippen LogP contribution is -2.43. The van der Waals surface area contributed by atoms with Crippen molar-refractivity contribution in [2.45, 2.75) is 76.9 Å². The van der Waals surface area contributed by atoms with Gasteiger partial charge < -0.3 is 15.2 Å². The summed E-state index contributed by atoms with van der Waals surface area (Å²) in [6, 6.07) is 10.2. The third kappa shape index (κ3) is 5.66. The van der Waals surface area contributed by atoms with E-state index in [9.17, 15) is 0 Å². The first-order valence-corrected chi connectivity index (χ1v) is 8.62. The average molecular weight is 315 g/mol. The summed E-state index contributed by atoms with van der Waals surface area (Å²) in [6.07, 6.45) is 4.56. The smallest absolute Gasteiger partial charge is 0.163 e. The van der Waals surface area contributed by atoms with Gasteiger partial charge in [-0.25, -0.2) is 0 Å². The molecule has 126 valence electrons. The van der Waals surface area contributed by atoms with Crippen LogP contribution in [-0.2, 0) is 15.9 Å². The predicted molar refractivity (Wildman–Crippen MR) is 93.9 cm³/mol. The van der Waals surface area contributed by atoms with Gasteiger partial charge in [0.05, 0.1) is 6.10 Å². The van der Waals surface area contributed by atoms with Crippen molar-refractivity contribution in [1.29, 1.82) is 0 Å². The minimum absolute atomic E-state index is 0.0576. The summed E-state index contributed by atoms with van der Waals surface area (Å²) in [5, 5.41) is 0. The van der Waals surface area contributed by atoms with Gasteiger partial charge in [0.1, 0.15) is 6.10 Å². The van der Waals surface area contributed by atoms with Crippen LogP contribution in [0, 0.1) is 11.8 Å². The molecule has 1 aliphatic heterocycles. The summed E-state index contributed by atoms with van der Waals surface area (Å²) >= 11 is 0. The van der Waals surface area contributed by atoms with Crippen LogP contribution in [0.1, 0.15) is 52.0 Å². The number of hydrogen-bond acceptors (Lipinski definition) is 3. The van der Waals surface area contributed by atoms with Crippen molar-refractivity contribution in [1.82, 2.24) is 0 Å². The highest BCUT2D eigenvalue weighted by Gasteiger charge is 2.43. The summed E-state index contributed by atoms with van der Waals surface area (Å²) in [7, 11) is 0. The Morgan fingerprint density at radius 2 is 1.91 bits per heavy atom. The van der Waals surface area contributed by atoms with Gasteiger partial charge >= 0.3 is 0 Å². The van der Waals surface area contributed by atoms with Crippen molar-refractivity contribution >= 4 is 0 Å². The minimum Gasteiger partial charge on any atom is -0.344 e. The number of benzene rings is 1. The fourth-order valence-corrected chi connectivity index (χ4v) is 2.91. The van der Waals surface area contributed by atoms with E-state index >= 15 is 0 Å². The largest absolute Gasteiger partial charge is 0.344 e. The molecule has 2 rings (SSSR count). The molecular formula is C20H29NO2. The van der Waals surface area contributed by atoms with Crippen LogP contribution < -0.4 is 5.73 Å². The van der Waals surface area contributed by atoms with Crippen LogP contribution in [0.5, 0.6) is 0 Å². The van der Waals surface area contributed by atoms with Gasteiger partial charge in [0.15, 0.2) is 5.79 Å². The number of ether oxygens (including phenoxy) is 2. The van der Waals surface area contributed by atoms with E-state index in [1.54, 1.807) is 0 Å². The highest BCUT2D eigenvalue weighted by atomic mass is 16.8. The van der Waals surface area contributed by atoms with Gasteiger partial charge in [0.2, 0.25) is 0 Å². The fraction of sp³-hybridized carbons (Fsp3) is 0.600. The van der Waals surface area contributed by atoms with E-state index < -0.39 is 5.79 Å². The molecule has 1 saturated heterocycles. The maximum Gasteiger partial charge on any atom is 0.163 e. The summed E-state index contributed by atoms with van der Waals surface area (Å²) in [6.45, 7) is 6.07. The molecule has 1 aliphatic rings. The zero-order chi connectivity index (χ0) is 16.7. The molecule has 0 radical (unpaired) electrons. The van der Waals surface area contributed by atoms with Crippen LogP contribution in [0.4, 0.5) is 0 Å². The van der Waals surface area contributed by atoms with E-state index in [0.717, 1.165) is 19.3 Å². The molecular weight excluding hydrogens is 286 g/mol. The zero-order valence-electron chi connectivity index (χ0n) is 14.5. The number of unbranched alkanes of at least 4 members (excludes halogenated alkanes) is 2. The molecule has 3 atom stereocenters. The molecule has 1 fully saturated rings. The molecule has 1 aromatic rings. The molecule has 0 spiro atoms. The van der Waals surface area contributed by atoms with E-state index in [1.807, 2.05) is 32.0 Å².